The topological polar surface area (TPSA) is 141 Å². The molecule has 46 heavy (non-hydrogen) atoms. The number of carboxylic acid groups (broad SMARTS) is 1. The van der Waals surface area contributed by atoms with Gasteiger partial charge in [0.05, 0.1) is 48.9 Å². The molecule has 0 spiro atoms. The number of hydrogen-bond donors (Lipinski definition) is 3. The summed E-state index contributed by atoms with van der Waals surface area (Å²) in [6.45, 7) is 0.841. The van der Waals surface area contributed by atoms with Crippen LogP contribution in [0.3, 0.4) is 0 Å². The number of furan rings is 1. The first-order valence-corrected chi connectivity index (χ1v) is 15.8. The van der Waals surface area contributed by atoms with E-state index < -0.39 is 23.8 Å². The van der Waals surface area contributed by atoms with Crippen molar-refractivity contribution in [2.24, 2.45) is 0 Å². The Labute approximate surface area is 267 Å². The third kappa shape index (κ3) is 6.69. The molecule has 2 aromatic carbocycles. The number of nitrogens with one attached hydrogen (secondary N) is 1. The standard InChI is InChI=1S/C35H39N5O6/c41-30(36-22-28-14-9-19-46-28)21-35(45)16-8-7-15-29(35)40-24-37-31(32(40)26-12-5-2-6-13-26)33(42)39-18-17-38(34(43)44)23-27(39)20-25-10-3-1-4-11-25/h1-6,9-14,19,24,27,29,45H,7-8,15-18,20-23H2,(H,36,41)(H,43,44)/t27-,29+,35?/m1/s1. The van der Waals surface area contributed by atoms with E-state index in [1.807, 2.05) is 65.2 Å². The molecule has 3 amide bonds. The summed E-state index contributed by atoms with van der Waals surface area (Å²) in [5.41, 5.74) is 1.22. The maximum absolute atomic E-state index is 14.5. The molecule has 1 saturated carbocycles. The van der Waals surface area contributed by atoms with Gasteiger partial charge >= 0.3 is 6.09 Å². The second-order valence-electron chi connectivity index (χ2n) is 12.2. The van der Waals surface area contributed by atoms with Crippen LogP contribution in [0, 0.1) is 0 Å². The predicted molar refractivity (Wildman–Crippen MR) is 170 cm³/mol. The van der Waals surface area contributed by atoms with E-state index in [4.69, 9.17) is 4.42 Å². The molecular weight excluding hydrogens is 586 g/mol. The molecule has 2 aliphatic rings. The highest BCUT2D eigenvalue weighted by molar-refractivity contribution is 5.98. The zero-order valence-corrected chi connectivity index (χ0v) is 25.6. The maximum Gasteiger partial charge on any atom is 0.407 e. The van der Waals surface area contributed by atoms with Gasteiger partial charge in [-0.15, -0.1) is 0 Å². The molecule has 3 N–H and O–H groups in total. The second kappa shape index (κ2) is 13.6. The third-order valence-electron chi connectivity index (χ3n) is 9.17. The van der Waals surface area contributed by atoms with Gasteiger partial charge in [-0.05, 0) is 37.0 Å². The minimum absolute atomic E-state index is 0.107. The van der Waals surface area contributed by atoms with Gasteiger partial charge in [0.25, 0.3) is 5.91 Å². The van der Waals surface area contributed by atoms with Gasteiger partial charge in [-0.2, -0.15) is 0 Å². The Morgan fingerprint density at radius 3 is 2.46 bits per heavy atom. The number of rotatable bonds is 9. The van der Waals surface area contributed by atoms with Gasteiger partial charge in [-0.1, -0.05) is 73.5 Å². The molecule has 11 nitrogen and oxygen atoms in total. The summed E-state index contributed by atoms with van der Waals surface area (Å²) >= 11 is 0. The van der Waals surface area contributed by atoms with E-state index in [1.54, 1.807) is 29.6 Å². The Kier molecular flexibility index (Phi) is 9.20. The van der Waals surface area contributed by atoms with Crippen LogP contribution in [0.1, 0.15) is 60.0 Å². The molecule has 1 aliphatic heterocycles. The van der Waals surface area contributed by atoms with Crippen LogP contribution in [0.25, 0.3) is 11.3 Å². The molecule has 2 aromatic heterocycles. The van der Waals surface area contributed by atoms with Crippen molar-refractivity contribution in [1.82, 2.24) is 24.7 Å². The van der Waals surface area contributed by atoms with Crippen LogP contribution in [0.15, 0.2) is 89.8 Å². The van der Waals surface area contributed by atoms with Gasteiger partial charge in [-0.3, -0.25) is 9.59 Å². The number of imidazole rings is 1. The van der Waals surface area contributed by atoms with Crippen molar-refractivity contribution in [3.63, 3.8) is 0 Å². The smallest absolute Gasteiger partial charge is 0.407 e. The largest absolute Gasteiger partial charge is 0.467 e. The molecular formula is C35H39N5O6. The summed E-state index contributed by atoms with van der Waals surface area (Å²) < 4.78 is 7.21. The first kappa shape index (κ1) is 31.1. The Hall–Kier alpha value is -4.90. The van der Waals surface area contributed by atoms with E-state index in [2.05, 4.69) is 10.3 Å². The third-order valence-corrected chi connectivity index (χ3v) is 9.17. The number of carbonyl (C=O) groups is 3. The normalized spacial score (nSPS) is 21.6. The number of piperazine rings is 1. The molecule has 0 bridgehead atoms. The molecule has 0 radical (unpaired) electrons. The summed E-state index contributed by atoms with van der Waals surface area (Å²) in [6.07, 6.45) is 5.20. The fourth-order valence-electron chi connectivity index (χ4n) is 6.88. The average Bonchev–Trinajstić information content (AvgIpc) is 3.75. The van der Waals surface area contributed by atoms with Crippen molar-refractivity contribution in [3.05, 3.63) is 102 Å². The molecule has 6 rings (SSSR count). The molecule has 2 fully saturated rings. The van der Waals surface area contributed by atoms with Gasteiger partial charge in [0.1, 0.15) is 5.76 Å². The van der Waals surface area contributed by atoms with Gasteiger partial charge in [0.2, 0.25) is 5.91 Å². The highest BCUT2D eigenvalue weighted by Crippen LogP contribution is 2.43. The Bertz CT molecular complexity index is 1640. The van der Waals surface area contributed by atoms with E-state index in [-0.39, 0.29) is 50.1 Å². The lowest BCUT2D eigenvalue weighted by molar-refractivity contribution is -0.130. The molecule has 1 aliphatic carbocycles. The van der Waals surface area contributed by atoms with Crippen molar-refractivity contribution in [1.29, 1.82) is 0 Å². The predicted octanol–water partition coefficient (Wildman–Crippen LogP) is 4.74. The summed E-state index contributed by atoms with van der Waals surface area (Å²) in [7, 11) is 0. The zero-order valence-electron chi connectivity index (χ0n) is 25.6. The SMILES string of the molecule is O=C(CC1(O)CCCC[C@@H]1n1cnc(C(=O)N2CCN(C(=O)O)C[C@H]2Cc2ccccc2)c1-c1ccccc1)NCc1ccco1. The number of aromatic nitrogens is 2. The van der Waals surface area contributed by atoms with Gasteiger partial charge in [-0.25, -0.2) is 9.78 Å². The van der Waals surface area contributed by atoms with Crippen molar-refractivity contribution in [3.8, 4) is 11.3 Å². The Morgan fingerprint density at radius 2 is 1.74 bits per heavy atom. The van der Waals surface area contributed by atoms with E-state index in [0.29, 0.717) is 30.7 Å². The van der Waals surface area contributed by atoms with Crippen molar-refractivity contribution >= 4 is 17.9 Å². The average molecular weight is 626 g/mol. The molecule has 3 heterocycles. The van der Waals surface area contributed by atoms with Crippen LogP contribution < -0.4 is 5.32 Å². The van der Waals surface area contributed by atoms with Crippen LogP contribution in [0.5, 0.6) is 0 Å². The lowest BCUT2D eigenvalue weighted by atomic mass is 9.77. The van der Waals surface area contributed by atoms with Crippen LogP contribution in [0.2, 0.25) is 0 Å². The van der Waals surface area contributed by atoms with E-state index in [0.717, 1.165) is 24.0 Å². The summed E-state index contributed by atoms with van der Waals surface area (Å²) in [6, 6.07) is 21.9. The van der Waals surface area contributed by atoms with Crippen molar-refractivity contribution in [2.75, 3.05) is 19.6 Å². The molecule has 240 valence electrons. The van der Waals surface area contributed by atoms with Crippen LogP contribution in [-0.2, 0) is 17.8 Å². The molecule has 4 aromatic rings. The number of amides is 3. The van der Waals surface area contributed by atoms with Crippen LogP contribution in [-0.4, -0.2) is 78.7 Å². The molecule has 1 unspecified atom stereocenters. The number of benzene rings is 2. The van der Waals surface area contributed by atoms with E-state index >= 15 is 0 Å². The number of nitrogens with zero attached hydrogens (tertiary/aromatic N) is 4. The van der Waals surface area contributed by atoms with Crippen molar-refractivity contribution in [2.45, 2.75) is 62.8 Å². The molecule has 3 atom stereocenters. The summed E-state index contributed by atoms with van der Waals surface area (Å²) in [4.78, 5) is 47.2. The minimum Gasteiger partial charge on any atom is -0.467 e. The van der Waals surface area contributed by atoms with Gasteiger partial charge < -0.3 is 34.3 Å². The second-order valence-corrected chi connectivity index (χ2v) is 12.2. The lowest BCUT2D eigenvalue weighted by Gasteiger charge is -2.41. The fraction of sp³-hybridized carbons (Fsp3) is 0.371. The van der Waals surface area contributed by atoms with E-state index in [1.165, 1.54) is 4.90 Å². The monoisotopic (exact) mass is 625 g/mol. The molecule has 1 saturated heterocycles. The number of carbonyl (C=O) groups excluding carboxylic acids is 2. The zero-order chi connectivity index (χ0) is 32.1. The van der Waals surface area contributed by atoms with Crippen molar-refractivity contribution < 1.29 is 29.0 Å². The number of hydrogen-bond acceptors (Lipinski definition) is 6. The van der Waals surface area contributed by atoms with Crippen LogP contribution >= 0.6 is 0 Å². The maximum atomic E-state index is 14.5. The lowest BCUT2D eigenvalue weighted by Crippen LogP contribution is -2.57. The number of aliphatic hydroxyl groups is 1. The molecule has 11 heteroatoms. The van der Waals surface area contributed by atoms with Crippen LogP contribution in [0.4, 0.5) is 4.79 Å². The highest BCUT2D eigenvalue weighted by Gasteiger charge is 2.44. The first-order chi connectivity index (χ1) is 22.3. The minimum atomic E-state index is -1.36. The quantitative estimate of drug-likeness (QED) is 0.244. The van der Waals surface area contributed by atoms with Gasteiger partial charge in [0.15, 0.2) is 5.69 Å². The first-order valence-electron chi connectivity index (χ1n) is 15.8. The summed E-state index contributed by atoms with van der Waals surface area (Å²) in [5, 5.41) is 24.7. The van der Waals surface area contributed by atoms with Gasteiger partial charge in [0, 0.05) is 25.2 Å². The highest BCUT2D eigenvalue weighted by atomic mass is 16.4. The Balaban J connectivity index is 1.32. The van der Waals surface area contributed by atoms with E-state index in [9.17, 15) is 24.6 Å². The fourth-order valence-corrected chi connectivity index (χ4v) is 6.88. The summed E-state index contributed by atoms with van der Waals surface area (Å²) in [5.74, 6) is 0.0436. The Morgan fingerprint density at radius 1 is 0.978 bits per heavy atom.